The molecule has 3 aromatic rings. The first-order valence-corrected chi connectivity index (χ1v) is 14.9. The van der Waals surface area contributed by atoms with Crippen molar-refractivity contribution < 1.29 is 22.7 Å². The Hall–Kier alpha value is -3.56. The zero-order valence-corrected chi connectivity index (χ0v) is 23.9. The Morgan fingerprint density at radius 1 is 0.923 bits per heavy atom. The summed E-state index contributed by atoms with van der Waals surface area (Å²) in [6.45, 7) is 4.04. The van der Waals surface area contributed by atoms with Crippen LogP contribution in [0.3, 0.4) is 0 Å². The number of anilines is 1. The van der Waals surface area contributed by atoms with Gasteiger partial charge in [0.2, 0.25) is 21.8 Å². The van der Waals surface area contributed by atoms with Crippen LogP contribution in [0, 0.1) is 0 Å². The predicted octanol–water partition coefficient (Wildman–Crippen LogP) is 4.63. The summed E-state index contributed by atoms with van der Waals surface area (Å²) in [5, 5.41) is 3.32. The normalized spacial score (nSPS) is 11.9. The van der Waals surface area contributed by atoms with E-state index >= 15 is 0 Å². The highest BCUT2D eigenvalue weighted by molar-refractivity contribution is 7.92. The van der Waals surface area contributed by atoms with Crippen LogP contribution in [0.4, 0.5) is 5.69 Å². The highest BCUT2D eigenvalue weighted by Crippen LogP contribution is 2.23. The van der Waals surface area contributed by atoms with Crippen LogP contribution < -0.4 is 14.4 Å². The lowest BCUT2D eigenvalue weighted by atomic mass is 10.1. The van der Waals surface area contributed by atoms with Crippen molar-refractivity contribution in [2.75, 3.05) is 23.7 Å². The van der Waals surface area contributed by atoms with E-state index in [1.165, 1.54) is 4.90 Å². The molecule has 208 valence electrons. The maximum atomic E-state index is 13.7. The molecule has 0 aliphatic heterocycles. The predicted molar refractivity (Wildman–Crippen MR) is 154 cm³/mol. The van der Waals surface area contributed by atoms with Gasteiger partial charge >= 0.3 is 0 Å². The fourth-order valence-electron chi connectivity index (χ4n) is 4.06. The van der Waals surface area contributed by atoms with Crippen LogP contribution in [0.25, 0.3) is 0 Å². The first-order chi connectivity index (χ1) is 18.6. The molecule has 0 aliphatic rings. The number of carbonyl (C=O) groups is 2. The van der Waals surface area contributed by atoms with Gasteiger partial charge in [0.15, 0.2) is 0 Å². The van der Waals surface area contributed by atoms with Gasteiger partial charge in [0, 0.05) is 18.1 Å². The molecule has 2 amide bonds. The number of hydrogen-bond acceptors (Lipinski definition) is 5. The fourth-order valence-corrected chi connectivity index (χ4v) is 5.04. The molecule has 10 heteroatoms. The molecule has 3 aromatic carbocycles. The third-order valence-electron chi connectivity index (χ3n) is 6.06. The second-order valence-corrected chi connectivity index (χ2v) is 11.3. The SMILES string of the molecule is CCNC(=O)C(CC)N(Cc1ccc(Cl)cc1)C(=O)CN(c1ccc(OCc2ccccc2)cc1)S(C)(=O)=O. The molecule has 1 atom stereocenters. The number of amides is 2. The molecule has 0 heterocycles. The first kappa shape index (κ1) is 30.0. The lowest BCUT2D eigenvalue weighted by Gasteiger charge is -2.32. The molecule has 1 unspecified atom stereocenters. The molecule has 39 heavy (non-hydrogen) atoms. The Kier molecular flexibility index (Phi) is 10.8. The Morgan fingerprint density at radius 2 is 1.56 bits per heavy atom. The molecule has 0 spiro atoms. The summed E-state index contributed by atoms with van der Waals surface area (Å²) in [5.41, 5.74) is 2.08. The maximum Gasteiger partial charge on any atom is 0.244 e. The molecular weight excluding hydrogens is 538 g/mol. The molecule has 0 saturated carbocycles. The highest BCUT2D eigenvalue weighted by Gasteiger charge is 2.31. The maximum absolute atomic E-state index is 13.7. The number of likely N-dealkylation sites (N-methyl/N-ethyl adjacent to an activating group) is 1. The number of rotatable bonds is 13. The number of halogens is 1. The fraction of sp³-hybridized carbons (Fsp3) is 0.310. The van der Waals surface area contributed by atoms with Gasteiger partial charge in [-0.25, -0.2) is 8.42 Å². The van der Waals surface area contributed by atoms with Gasteiger partial charge in [-0.15, -0.1) is 0 Å². The van der Waals surface area contributed by atoms with Gasteiger partial charge in [0.05, 0.1) is 11.9 Å². The number of nitrogens with zero attached hydrogens (tertiary/aromatic N) is 2. The molecule has 0 radical (unpaired) electrons. The Morgan fingerprint density at radius 3 is 2.13 bits per heavy atom. The lowest BCUT2D eigenvalue weighted by molar-refractivity contribution is -0.140. The summed E-state index contributed by atoms with van der Waals surface area (Å²) in [7, 11) is -3.83. The zero-order chi connectivity index (χ0) is 28.4. The van der Waals surface area contributed by atoms with Crippen molar-refractivity contribution in [3.63, 3.8) is 0 Å². The van der Waals surface area contributed by atoms with Crippen LogP contribution in [0.2, 0.25) is 5.02 Å². The van der Waals surface area contributed by atoms with E-state index in [9.17, 15) is 18.0 Å². The summed E-state index contributed by atoms with van der Waals surface area (Å²) < 4.78 is 32.4. The minimum atomic E-state index is -3.83. The summed E-state index contributed by atoms with van der Waals surface area (Å²) in [6, 6.07) is 22.4. The van der Waals surface area contributed by atoms with Crippen molar-refractivity contribution in [3.8, 4) is 5.75 Å². The molecule has 3 rings (SSSR count). The smallest absolute Gasteiger partial charge is 0.244 e. The van der Waals surface area contributed by atoms with Gasteiger partial charge in [-0.3, -0.25) is 13.9 Å². The third kappa shape index (κ3) is 8.73. The van der Waals surface area contributed by atoms with Crippen molar-refractivity contribution in [1.29, 1.82) is 0 Å². The standard InChI is InChI=1S/C29H34ClN3O5S/c1-4-27(29(35)31-5-2)32(19-22-11-13-24(30)14-12-22)28(34)20-33(39(3,36)37)25-15-17-26(18-16-25)38-21-23-9-7-6-8-10-23/h6-18,27H,4-5,19-21H2,1-3H3,(H,31,35). The minimum Gasteiger partial charge on any atom is -0.489 e. The number of hydrogen-bond donors (Lipinski definition) is 1. The Labute approximate surface area is 235 Å². The van der Waals surface area contributed by atoms with E-state index in [4.69, 9.17) is 16.3 Å². The van der Waals surface area contributed by atoms with Crippen molar-refractivity contribution in [1.82, 2.24) is 10.2 Å². The van der Waals surface area contributed by atoms with E-state index in [-0.39, 0.29) is 12.5 Å². The van der Waals surface area contributed by atoms with Crippen molar-refractivity contribution in [2.45, 2.75) is 39.5 Å². The van der Waals surface area contributed by atoms with Gasteiger partial charge in [-0.05, 0) is 60.9 Å². The quantitative estimate of drug-likeness (QED) is 0.323. The van der Waals surface area contributed by atoms with E-state index in [0.717, 1.165) is 21.7 Å². The van der Waals surface area contributed by atoms with Crippen molar-refractivity contribution in [2.24, 2.45) is 0 Å². The van der Waals surface area contributed by atoms with Crippen LogP contribution in [-0.4, -0.2) is 50.5 Å². The number of carbonyl (C=O) groups excluding carboxylic acids is 2. The molecule has 0 bridgehead atoms. The van der Waals surface area contributed by atoms with Gasteiger partial charge in [-0.1, -0.05) is 61.0 Å². The van der Waals surface area contributed by atoms with Crippen LogP contribution >= 0.6 is 11.6 Å². The second-order valence-electron chi connectivity index (χ2n) is 9.00. The van der Waals surface area contributed by atoms with E-state index < -0.39 is 28.5 Å². The van der Waals surface area contributed by atoms with Crippen LogP contribution in [0.5, 0.6) is 5.75 Å². The van der Waals surface area contributed by atoms with E-state index in [2.05, 4.69) is 5.32 Å². The molecule has 0 aromatic heterocycles. The highest BCUT2D eigenvalue weighted by atomic mass is 35.5. The molecule has 0 aliphatic carbocycles. The number of benzene rings is 3. The Bertz CT molecular complexity index is 1330. The van der Waals surface area contributed by atoms with Gasteiger partial charge in [-0.2, -0.15) is 0 Å². The summed E-state index contributed by atoms with van der Waals surface area (Å²) >= 11 is 6.01. The van der Waals surface area contributed by atoms with Crippen molar-refractivity contribution in [3.05, 3.63) is 95.0 Å². The second kappa shape index (κ2) is 14.0. The van der Waals surface area contributed by atoms with Crippen LogP contribution in [-0.2, 0) is 32.8 Å². The molecule has 0 fully saturated rings. The first-order valence-electron chi connectivity index (χ1n) is 12.7. The van der Waals surface area contributed by atoms with Gasteiger partial charge in [0.1, 0.15) is 24.9 Å². The number of nitrogens with one attached hydrogen (secondary N) is 1. The average Bonchev–Trinajstić information content (AvgIpc) is 2.92. The van der Waals surface area contributed by atoms with E-state index in [1.54, 1.807) is 55.5 Å². The topological polar surface area (TPSA) is 96.0 Å². The minimum absolute atomic E-state index is 0.121. The molecule has 8 nitrogen and oxygen atoms in total. The van der Waals surface area contributed by atoms with Crippen LogP contribution in [0.1, 0.15) is 31.4 Å². The summed E-state index contributed by atoms with van der Waals surface area (Å²) in [4.78, 5) is 27.9. The number of sulfonamides is 1. The molecule has 1 N–H and O–H groups in total. The Balaban J connectivity index is 1.83. The lowest BCUT2D eigenvalue weighted by Crippen LogP contribution is -2.52. The summed E-state index contributed by atoms with van der Waals surface area (Å²) in [5.74, 6) is -0.236. The average molecular weight is 572 g/mol. The van der Waals surface area contributed by atoms with Crippen LogP contribution in [0.15, 0.2) is 78.9 Å². The zero-order valence-electron chi connectivity index (χ0n) is 22.3. The van der Waals surface area contributed by atoms with E-state index in [1.807, 2.05) is 37.3 Å². The van der Waals surface area contributed by atoms with Gasteiger partial charge in [0.25, 0.3) is 0 Å². The molecule has 0 saturated heterocycles. The number of ether oxygens (including phenoxy) is 1. The largest absolute Gasteiger partial charge is 0.489 e. The van der Waals surface area contributed by atoms with E-state index in [0.29, 0.717) is 36.0 Å². The van der Waals surface area contributed by atoms with Crippen molar-refractivity contribution >= 4 is 39.1 Å². The third-order valence-corrected chi connectivity index (χ3v) is 7.45. The van der Waals surface area contributed by atoms with Gasteiger partial charge < -0.3 is 15.0 Å². The summed E-state index contributed by atoms with van der Waals surface area (Å²) in [6.07, 6.45) is 1.40. The molecular formula is C29H34ClN3O5S. The monoisotopic (exact) mass is 571 g/mol.